The average molecular weight is 534 g/mol. The van der Waals surface area contributed by atoms with Crippen LogP contribution in [0.3, 0.4) is 0 Å². The number of anilines is 1. The van der Waals surface area contributed by atoms with Gasteiger partial charge in [-0.05, 0) is 37.0 Å². The van der Waals surface area contributed by atoms with Crippen LogP contribution in [-0.4, -0.2) is 50.0 Å². The lowest BCUT2D eigenvalue weighted by molar-refractivity contribution is -0.385. The minimum absolute atomic E-state index is 0. The SMILES string of the molecule is C.C.CCOC(=O)c1nc(Cl)nc(Cl)c1N.CCOC(=O)c1nc(Cl)nc(Cl)c1[N+](=O)[O-]. The minimum atomic E-state index is -0.972. The van der Waals surface area contributed by atoms with Crippen LogP contribution in [0.4, 0.5) is 11.4 Å². The van der Waals surface area contributed by atoms with Gasteiger partial charge in [0.25, 0.3) is 0 Å². The molecule has 12 nitrogen and oxygen atoms in total. The van der Waals surface area contributed by atoms with E-state index < -0.39 is 33.4 Å². The molecule has 2 heterocycles. The average Bonchev–Trinajstić information content (AvgIpc) is 2.64. The number of halogens is 4. The Bertz CT molecular complexity index is 979. The molecular formula is C16H20Cl4N6O6. The van der Waals surface area contributed by atoms with Crippen LogP contribution in [0.2, 0.25) is 20.9 Å². The van der Waals surface area contributed by atoms with Gasteiger partial charge in [-0.1, -0.05) is 38.1 Å². The van der Waals surface area contributed by atoms with E-state index in [-0.39, 0.29) is 55.2 Å². The Morgan fingerprint density at radius 2 is 1.28 bits per heavy atom. The summed E-state index contributed by atoms with van der Waals surface area (Å²) in [5.41, 5.74) is 4.04. The van der Waals surface area contributed by atoms with E-state index in [4.69, 9.17) is 56.9 Å². The van der Waals surface area contributed by atoms with Gasteiger partial charge in [0.05, 0.1) is 18.1 Å². The molecule has 0 unspecified atom stereocenters. The lowest BCUT2D eigenvalue weighted by Crippen LogP contribution is -2.12. The molecule has 0 bridgehead atoms. The van der Waals surface area contributed by atoms with Crippen molar-refractivity contribution in [2.45, 2.75) is 28.7 Å². The van der Waals surface area contributed by atoms with Gasteiger partial charge in [0.2, 0.25) is 21.4 Å². The Balaban J connectivity index is 0. The Labute approximate surface area is 203 Å². The summed E-state index contributed by atoms with van der Waals surface area (Å²) >= 11 is 22.0. The third-order valence-electron chi connectivity index (χ3n) is 2.81. The molecule has 0 spiro atoms. The van der Waals surface area contributed by atoms with Crippen LogP contribution in [0.25, 0.3) is 0 Å². The molecule has 0 saturated carbocycles. The van der Waals surface area contributed by atoms with Gasteiger partial charge in [0.1, 0.15) is 5.69 Å². The van der Waals surface area contributed by atoms with Crippen molar-refractivity contribution in [3.05, 3.63) is 42.4 Å². The van der Waals surface area contributed by atoms with E-state index in [0.29, 0.717) is 0 Å². The number of nitrogen functional groups attached to an aromatic ring is 1. The van der Waals surface area contributed by atoms with Crippen molar-refractivity contribution in [3.8, 4) is 0 Å². The standard InChI is InChI=1S/C7H5Cl2N3O4.C7H7Cl2N3O2.2CH4/c1-2-16-6(13)3-4(12(14)15)5(8)11-7(9)10-3;1-2-14-6(13)4-3(10)5(8)12-7(9)11-4;;/h2H2,1H3;2,10H2,1H3;2*1H4. The van der Waals surface area contributed by atoms with Crippen LogP contribution < -0.4 is 5.73 Å². The summed E-state index contributed by atoms with van der Waals surface area (Å²) in [5, 5.41) is 9.58. The molecule has 0 radical (unpaired) electrons. The Morgan fingerprint density at radius 1 is 0.875 bits per heavy atom. The van der Waals surface area contributed by atoms with Crippen LogP contribution >= 0.6 is 46.4 Å². The van der Waals surface area contributed by atoms with E-state index in [1.54, 1.807) is 13.8 Å². The Morgan fingerprint density at radius 3 is 1.72 bits per heavy atom. The minimum Gasteiger partial charge on any atom is -0.461 e. The van der Waals surface area contributed by atoms with Gasteiger partial charge in [-0.15, -0.1) is 0 Å². The van der Waals surface area contributed by atoms with E-state index >= 15 is 0 Å². The van der Waals surface area contributed by atoms with Crippen LogP contribution in [0, 0.1) is 10.1 Å². The summed E-state index contributed by atoms with van der Waals surface area (Å²) in [7, 11) is 0. The van der Waals surface area contributed by atoms with Gasteiger partial charge in [-0.2, -0.15) is 4.98 Å². The first kappa shape index (κ1) is 31.6. The summed E-state index contributed by atoms with van der Waals surface area (Å²) in [6.45, 7) is 3.49. The number of hydrogen-bond donors (Lipinski definition) is 1. The first-order valence-corrected chi connectivity index (χ1v) is 9.24. The summed E-state index contributed by atoms with van der Waals surface area (Å²) < 4.78 is 9.27. The maximum atomic E-state index is 11.3. The van der Waals surface area contributed by atoms with Crippen molar-refractivity contribution in [1.82, 2.24) is 19.9 Å². The smallest absolute Gasteiger partial charge is 0.364 e. The number of esters is 2. The predicted octanol–water partition coefficient (Wildman–Crippen LogP) is 4.68. The maximum absolute atomic E-state index is 11.3. The largest absolute Gasteiger partial charge is 0.461 e. The first-order chi connectivity index (χ1) is 14.0. The summed E-state index contributed by atoms with van der Waals surface area (Å²) in [6.07, 6.45) is 0. The van der Waals surface area contributed by atoms with Crippen molar-refractivity contribution >= 4 is 69.7 Å². The lowest BCUT2D eigenvalue weighted by atomic mass is 10.3. The summed E-state index contributed by atoms with van der Waals surface area (Å²) in [6, 6.07) is 0. The van der Waals surface area contributed by atoms with Crippen LogP contribution in [0.5, 0.6) is 0 Å². The molecule has 16 heteroatoms. The van der Waals surface area contributed by atoms with Gasteiger partial charge in [-0.25, -0.2) is 24.5 Å². The second-order valence-electron chi connectivity index (χ2n) is 4.72. The molecule has 32 heavy (non-hydrogen) atoms. The second kappa shape index (κ2) is 14.5. The number of carbonyl (C=O) groups is 2. The number of ether oxygens (including phenoxy) is 2. The van der Waals surface area contributed by atoms with E-state index in [0.717, 1.165) is 0 Å². The molecule has 0 amide bonds. The topological polar surface area (TPSA) is 173 Å². The molecule has 0 aliphatic heterocycles. The third-order valence-corrected chi connectivity index (χ3v) is 3.70. The van der Waals surface area contributed by atoms with Crippen LogP contribution in [0.15, 0.2) is 0 Å². The highest BCUT2D eigenvalue weighted by Crippen LogP contribution is 2.27. The number of carbonyl (C=O) groups excluding carboxylic acids is 2. The Kier molecular flexibility index (Phi) is 14.3. The molecule has 2 aromatic heterocycles. The molecule has 2 N–H and O–H groups in total. The number of nitrogens with two attached hydrogens (primary N) is 1. The Hall–Kier alpha value is -2.54. The zero-order valence-electron chi connectivity index (χ0n) is 15.2. The molecule has 0 aliphatic rings. The van der Waals surface area contributed by atoms with Crippen LogP contribution in [-0.2, 0) is 9.47 Å². The summed E-state index contributed by atoms with van der Waals surface area (Å²) in [4.78, 5) is 46.4. The monoisotopic (exact) mass is 532 g/mol. The van der Waals surface area contributed by atoms with Gasteiger partial charge >= 0.3 is 17.6 Å². The van der Waals surface area contributed by atoms with Crippen molar-refractivity contribution < 1.29 is 24.0 Å². The van der Waals surface area contributed by atoms with Gasteiger partial charge in [-0.3, -0.25) is 10.1 Å². The number of hydrogen-bond acceptors (Lipinski definition) is 11. The van der Waals surface area contributed by atoms with E-state index in [9.17, 15) is 19.7 Å². The third kappa shape index (κ3) is 8.54. The highest BCUT2D eigenvalue weighted by atomic mass is 35.5. The molecule has 0 aliphatic carbocycles. The molecule has 178 valence electrons. The molecular weight excluding hydrogens is 514 g/mol. The quantitative estimate of drug-likeness (QED) is 0.185. The fourth-order valence-electron chi connectivity index (χ4n) is 1.68. The number of nitro groups is 1. The van der Waals surface area contributed by atoms with Gasteiger partial charge in [0, 0.05) is 0 Å². The number of rotatable bonds is 5. The van der Waals surface area contributed by atoms with Crippen molar-refractivity contribution in [2.75, 3.05) is 18.9 Å². The van der Waals surface area contributed by atoms with Crippen molar-refractivity contribution in [2.24, 2.45) is 0 Å². The highest BCUT2D eigenvalue weighted by molar-refractivity contribution is 6.34. The van der Waals surface area contributed by atoms with Gasteiger partial charge in [0.15, 0.2) is 10.8 Å². The lowest BCUT2D eigenvalue weighted by Gasteiger charge is -2.05. The summed E-state index contributed by atoms with van der Waals surface area (Å²) in [5.74, 6) is -1.64. The molecule has 0 atom stereocenters. The molecule has 0 saturated heterocycles. The molecule has 2 aromatic rings. The van der Waals surface area contributed by atoms with Gasteiger partial charge < -0.3 is 15.2 Å². The molecule has 0 fully saturated rings. The van der Waals surface area contributed by atoms with Crippen LogP contribution in [0.1, 0.15) is 49.7 Å². The zero-order chi connectivity index (χ0) is 23.0. The van der Waals surface area contributed by atoms with E-state index in [2.05, 4.69) is 24.7 Å². The molecule has 0 aromatic carbocycles. The maximum Gasteiger partial charge on any atom is 0.364 e. The second-order valence-corrected chi connectivity index (χ2v) is 6.12. The van der Waals surface area contributed by atoms with Crippen molar-refractivity contribution in [1.29, 1.82) is 0 Å². The highest BCUT2D eigenvalue weighted by Gasteiger charge is 2.29. The number of nitrogens with zero attached hydrogens (tertiary/aromatic N) is 5. The predicted molar refractivity (Wildman–Crippen MR) is 121 cm³/mol. The van der Waals surface area contributed by atoms with E-state index in [1.165, 1.54) is 0 Å². The fourth-order valence-corrected chi connectivity index (χ4v) is 2.51. The zero-order valence-corrected chi connectivity index (χ0v) is 18.2. The van der Waals surface area contributed by atoms with E-state index in [1.807, 2.05) is 0 Å². The fraction of sp³-hybridized carbons (Fsp3) is 0.375. The normalized spacial score (nSPS) is 9.31. The number of aromatic nitrogens is 4. The molecule has 2 rings (SSSR count). The van der Waals surface area contributed by atoms with Crippen molar-refractivity contribution in [3.63, 3.8) is 0 Å². The first-order valence-electron chi connectivity index (χ1n) is 7.73.